The SMILES string of the molecule is Cc1ccc(OCC(=O)N2Cc3cnc(N4CCOCC4)nc3C2)cc1. The fraction of sp³-hybridized carbons (Fsp3) is 0.421. The molecule has 1 aromatic carbocycles. The van der Waals surface area contributed by atoms with Crippen molar-refractivity contribution in [3.63, 3.8) is 0 Å². The number of aromatic nitrogens is 2. The average Bonchev–Trinajstić information content (AvgIpc) is 3.11. The van der Waals surface area contributed by atoms with E-state index in [2.05, 4.69) is 14.9 Å². The number of hydrogen-bond acceptors (Lipinski definition) is 6. The third-order valence-electron chi connectivity index (χ3n) is 4.67. The van der Waals surface area contributed by atoms with E-state index < -0.39 is 0 Å². The van der Waals surface area contributed by atoms with E-state index in [0.717, 1.165) is 35.9 Å². The van der Waals surface area contributed by atoms with Gasteiger partial charge in [0.15, 0.2) is 6.61 Å². The molecule has 2 aliphatic rings. The number of morpholine rings is 1. The maximum atomic E-state index is 12.5. The lowest BCUT2D eigenvalue weighted by atomic mass is 10.2. The highest BCUT2D eigenvalue weighted by Gasteiger charge is 2.26. The molecule has 1 aromatic heterocycles. The molecule has 0 bridgehead atoms. The number of fused-ring (bicyclic) bond motifs is 1. The van der Waals surface area contributed by atoms with Crippen LogP contribution >= 0.6 is 0 Å². The van der Waals surface area contributed by atoms with E-state index in [1.807, 2.05) is 37.4 Å². The van der Waals surface area contributed by atoms with Gasteiger partial charge >= 0.3 is 0 Å². The predicted molar refractivity (Wildman–Crippen MR) is 96.0 cm³/mol. The summed E-state index contributed by atoms with van der Waals surface area (Å²) >= 11 is 0. The van der Waals surface area contributed by atoms with Gasteiger partial charge in [0, 0.05) is 31.4 Å². The number of amides is 1. The number of nitrogens with zero attached hydrogens (tertiary/aromatic N) is 4. The quantitative estimate of drug-likeness (QED) is 0.830. The molecule has 0 atom stereocenters. The van der Waals surface area contributed by atoms with Crippen molar-refractivity contribution in [2.75, 3.05) is 37.8 Å². The van der Waals surface area contributed by atoms with Crippen molar-refractivity contribution in [1.82, 2.24) is 14.9 Å². The second-order valence-corrected chi connectivity index (χ2v) is 6.59. The maximum absolute atomic E-state index is 12.5. The van der Waals surface area contributed by atoms with Crippen molar-refractivity contribution in [3.8, 4) is 5.75 Å². The third-order valence-corrected chi connectivity index (χ3v) is 4.67. The lowest BCUT2D eigenvalue weighted by molar-refractivity contribution is -0.134. The highest BCUT2D eigenvalue weighted by molar-refractivity contribution is 5.78. The van der Waals surface area contributed by atoms with Crippen molar-refractivity contribution in [3.05, 3.63) is 47.3 Å². The molecule has 136 valence electrons. The molecular weight excluding hydrogens is 332 g/mol. The van der Waals surface area contributed by atoms with E-state index in [4.69, 9.17) is 9.47 Å². The summed E-state index contributed by atoms with van der Waals surface area (Å²) in [5, 5.41) is 0. The molecule has 0 radical (unpaired) electrons. The molecule has 0 spiro atoms. The van der Waals surface area contributed by atoms with Gasteiger partial charge in [0.2, 0.25) is 5.95 Å². The summed E-state index contributed by atoms with van der Waals surface area (Å²) in [5.74, 6) is 1.38. The standard InChI is InChI=1S/C19H22N4O3/c1-14-2-4-16(5-3-14)26-13-18(24)23-11-15-10-20-19(21-17(15)12-23)22-6-8-25-9-7-22/h2-5,10H,6-9,11-13H2,1H3. The number of ether oxygens (including phenoxy) is 2. The van der Waals surface area contributed by atoms with Gasteiger partial charge in [-0.15, -0.1) is 0 Å². The summed E-state index contributed by atoms with van der Waals surface area (Å²) in [6.07, 6.45) is 1.83. The number of hydrogen-bond donors (Lipinski definition) is 0. The summed E-state index contributed by atoms with van der Waals surface area (Å²) < 4.78 is 11.0. The van der Waals surface area contributed by atoms with Gasteiger partial charge in [-0.05, 0) is 19.1 Å². The van der Waals surface area contributed by atoms with Gasteiger partial charge in [-0.3, -0.25) is 4.79 Å². The first-order valence-corrected chi connectivity index (χ1v) is 8.84. The number of aryl methyl sites for hydroxylation is 1. The summed E-state index contributed by atoms with van der Waals surface area (Å²) in [4.78, 5) is 25.5. The molecule has 0 aliphatic carbocycles. The van der Waals surface area contributed by atoms with E-state index in [-0.39, 0.29) is 12.5 Å². The average molecular weight is 354 g/mol. The van der Waals surface area contributed by atoms with E-state index in [1.165, 1.54) is 0 Å². The lowest BCUT2D eigenvalue weighted by Gasteiger charge is -2.26. The van der Waals surface area contributed by atoms with Crippen LogP contribution in [0.1, 0.15) is 16.8 Å². The fourth-order valence-electron chi connectivity index (χ4n) is 3.11. The molecule has 2 aliphatic heterocycles. The second-order valence-electron chi connectivity index (χ2n) is 6.59. The molecule has 1 saturated heterocycles. The van der Waals surface area contributed by atoms with Gasteiger partial charge in [0.1, 0.15) is 5.75 Å². The van der Waals surface area contributed by atoms with Gasteiger partial charge in [-0.25, -0.2) is 9.97 Å². The smallest absolute Gasteiger partial charge is 0.261 e. The van der Waals surface area contributed by atoms with Gasteiger partial charge in [0.05, 0.1) is 25.5 Å². The van der Waals surface area contributed by atoms with E-state index in [1.54, 1.807) is 4.90 Å². The minimum Gasteiger partial charge on any atom is -0.484 e. The van der Waals surface area contributed by atoms with Crippen LogP contribution in [0.15, 0.2) is 30.5 Å². The minimum atomic E-state index is -0.0449. The van der Waals surface area contributed by atoms with E-state index >= 15 is 0 Å². The van der Waals surface area contributed by atoms with Crippen LogP contribution in [0.3, 0.4) is 0 Å². The molecule has 1 fully saturated rings. The minimum absolute atomic E-state index is 0.0286. The molecule has 0 unspecified atom stereocenters. The Morgan fingerprint density at radius 1 is 1.19 bits per heavy atom. The molecule has 0 saturated carbocycles. The van der Waals surface area contributed by atoms with Gasteiger partial charge in [-0.1, -0.05) is 17.7 Å². The largest absolute Gasteiger partial charge is 0.484 e. The van der Waals surface area contributed by atoms with Crippen LogP contribution in [-0.2, 0) is 22.6 Å². The van der Waals surface area contributed by atoms with Gasteiger partial charge in [-0.2, -0.15) is 0 Å². The monoisotopic (exact) mass is 354 g/mol. The first-order chi connectivity index (χ1) is 12.7. The zero-order valence-corrected chi connectivity index (χ0v) is 14.9. The molecular formula is C19H22N4O3. The van der Waals surface area contributed by atoms with Crippen molar-refractivity contribution in [1.29, 1.82) is 0 Å². The Balaban J connectivity index is 1.36. The van der Waals surface area contributed by atoms with E-state index in [9.17, 15) is 4.79 Å². The third kappa shape index (κ3) is 3.62. The van der Waals surface area contributed by atoms with Crippen LogP contribution in [0.25, 0.3) is 0 Å². The van der Waals surface area contributed by atoms with Crippen molar-refractivity contribution < 1.29 is 14.3 Å². The maximum Gasteiger partial charge on any atom is 0.261 e. The number of anilines is 1. The van der Waals surface area contributed by atoms with Gasteiger partial charge < -0.3 is 19.3 Å². The topological polar surface area (TPSA) is 67.8 Å². The van der Waals surface area contributed by atoms with Crippen LogP contribution in [0, 0.1) is 6.92 Å². The van der Waals surface area contributed by atoms with Crippen molar-refractivity contribution >= 4 is 11.9 Å². The van der Waals surface area contributed by atoms with E-state index in [0.29, 0.717) is 32.1 Å². The Morgan fingerprint density at radius 2 is 1.96 bits per heavy atom. The van der Waals surface area contributed by atoms with Crippen LogP contribution in [0.4, 0.5) is 5.95 Å². The lowest BCUT2D eigenvalue weighted by Crippen LogP contribution is -2.37. The van der Waals surface area contributed by atoms with Crippen LogP contribution in [0.2, 0.25) is 0 Å². The molecule has 1 amide bonds. The highest BCUT2D eigenvalue weighted by Crippen LogP contribution is 2.23. The number of carbonyl (C=O) groups is 1. The van der Waals surface area contributed by atoms with Crippen molar-refractivity contribution in [2.45, 2.75) is 20.0 Å². The Labute approximate surface area is 152 Å². The Kier molecular flexibility index (Phi) is 4.71. The first kappa shape index (κ1) is 16.8. The van der Waals surface area contributed by atoms with Crippen LogP contribution in [-0.4, -0.2) is 53.7 Å². The van der Waals surface area contributed by atoms with Crippen molar-refractivity contribution in [2.24, 2.45) is 0 Å². The summed E-state index contributed by atoms with van der Waals surface area (Å²) in [6.45, 7) is 6.07. The first-order valence-electron chi connectivity index (χ1n) is 8.84. The summed E-state index contributed by atoms with van der Waals surface area (Å²) in [6, 6.07) is 7.69. The molecule has 3 heterocycles. The van der Waals surface area contributed by atoms with Gasteiger partial charge in [0.25, 0.3) is 5.91 Å². The van der Waals surface area contributed by atoms with Crippen LogP contribution < -0.4 is 9.64 Å². The Morgan fingerprint density at radius 3 is 2.73 bits per heavy atom. The normalized spacial score (nSPS) is 16.5. The highest BCUT2D eigenvalue weighted by atomic mass is 16.5. The summed E-state index contributed by atoms with van der Waals surface area (Å²) in [7, 11) is 0. The number of carbonyl (C=O) groups excluding carboxylic acids is 1. The zero-order valence-electron chi connectivity index (χ0n) is 14.9. The Hall–Kier alpha value is -2.67. The second kappa shape index (κ2) is 7.29. The zero-order chi connectivity index (χ0) is 17.9. The molecule has 2 aromatic rings. The predicted octanol–water partition coefficient (Wildman–Crippen LogP) is 1.54. The fourth-order valence-corrected chi connectivity index (χ4v) is 3.11. The Bertz CT molecular complexity index is 788. The molecule has 7 heteroatoms. The molecule has 4 rings (SSSR count). The summed E-state index contributed by atoms with van der Waals surface area (Å²) in [5.41, 5.74) is 3.09. The molecule has 7 nitrogen and oxygen atoms in total. The number of benzene rings is 1. The van der Waals surface area contributed by atoms with Crippen LogP contribution in [0.5, 0.6) is 5.75 Å². The molecule has 0 N–H and O–H groups in total. The number of rotatable bonds is 4. The molecule has 26 heavy (non-hydrogen) atoms.